The van der Waals surface area contributed by atoms with Crippen molar-refractivity contribution in [2.24, 2.45) is 0 Å². The fraction of sp³-hybridized carbons (Fsp3) is 0.375. The molecule has 1 unspecified atom stereocenters. The third-order valence-corrected chi connectivity index (χ3v) is 3.05. The molecule has 0 aliphatic rings. The first kappa shape index (κ1) is 13.7. The Bertz CT molecular complexity index is 519. The molecule has 0 radical (unpaired) electrons. The van der Waals surface area contributed by atoms with Crippen molar-refractivity contribution in [3.8, 4) is 5.75 Å². The summed E-state index contributed by atoms with van der Waals surface area (Å²) >= 11 is 0. The van der Waals surface area contributed by atoms with E-state index in [9.17, 15) is 0 Å². The molecule has 3 heteroatoms. The summed E-state index contributed by atoms with van der Waals surface area (Å²) in [6.07, 6.45) is 0. The Kier molecular flexibility index (Phi) is 4.63. The van der Waals surface area contributed by atoms with Gasteiger partial charge in [-0.1, -0.05) is 12.1 Å². The average molecular weight is 259 g/mol. The van der Waals surface area contributed by atoms with Gasteiger partial charge < -0.3 is 14.5 Å². The van der Waals surface area contributed by atoms with Gasteiger partial charge in [-0.3, -0.25) is 0 Å². The molecule has 0 fully saturated rings. The molecule has 0 saturated carbocycles. The molecule has 0 saturated heterocycles. The van der Waals surface area contributed by atoms with Crippen LogP contribution in [0.3, 0.4) is 0 Å². The quantitative estimate of drug-likeness (QED) is 0.856. The van der Waals surface area contributed by atoms with Crippen LogP contribution in [-0.4, -0.2) is 6.61 Å². The molecule has 1 aromatic heterocycles. The van der Waals surface area contributed by atoms with Crippen LogP contribution in [0.4, 0.5) is 0 Å². The van der Waals surface area contributed by atoms with Crippen LogP contribution in [0.2, 0.25) is 0 Å². The van der Waals surface area contributed by atoms with Gasteiger partial charge in [-0.2, -0.15) is 0 Å². The van der Waals surface area contributed by atoms with Gasteiger partial charge >= 0.3 is 0 Å². The minimum absolute atomic E-state index is 0.255. The lowest BCUT2D eigenvalue weighted by molar-refractivity contribution is 0.339. The fourth-order valence-corrected chi connectivity index (χ4v) is 1.99. The van der Waals surface area contributed by atoms with Crippen molar-refractivity contribution in [1.29, 1.82) is 0 Å². The molecule has 0 aliphatic heterocycles. The molecule has 102 valence electrons. The largest absolute Gasteiger partial charge is 0.494 e. The molecule has 0 aliphatic carbocycles. The molecule has 3 nitrogen and oxygen atoms in total. The predicted molar refractivity (Wildman–Crippen MR) is 76.3 cm³/mol. The lowest BCUT2D eigenvalue weighted by Crippen LogP contribution is -2.17. The topological polar surface area (TPSA) is 34.4 Å². The molecule has 2 rings (SSSR count). The first-order valence-electron chi connectivity index (χ1n) is 6.70. The molecular formula is C16H21NO2. The van der Waals surface area contributed by atoms with Crippen molar-refractivity contribution in [1.82, 2.24) is 5.32 Å². The highest BCUT2D eigenvalue weighted by molar-refractivity contribution is 5.30. The van der Waals surface area contributed by atoms with Crippen LogP contribution in [-0.2, 0) is 6.54 Å². The molecule has 0 amide bonds. The number of aryl methyl sites for hydroxylation is 1. The van der Waals surface area contributed by atoms with Gasteiger partial charge in [0.25, 0.3) is 0 Å². The summed E-state index contributed by atoms with van der Waals surface area (Å²) in [6, 6.07) is 12.4. The Labute approximate surface area is 114 Å². The standard InChI is InChI=1S/C16H21NO2/c1-4-18-15-7-5-6-14(10-15)13(3)17-11-16-9-8-12(2)19-16/h5-10,13,17H,4,11H2,1-3H3. The van der Waals surface area contributed by atoms with Gasteiger partial charge in [-0.05, 0) is 50.6 Å². The third-order valence-electron chi connectivity index (χ3n) is 3.05. The first-order chi connectivity index (χ1) is 9.19. The number of nitrogens with one attached hydrogen (secondary N) is 1. The molecule has 0 bridgehead atoms. The molecule has 1 aromatic carbocycles. The SMILES string of the molecule is CCOc1cccc(C(C)NCc2ccc(C)o2)c1. The van der Waals surface area contributed by atoms with Crippen LogP contribution in [0.1, 0.15) is 37.0 Å². The predicted octanol–water partition coefficient (Wildman–Crippen LogP) is 3.84. The summed E-state index contributed by atoms with van der Waals surface area (Å²) in [6.45, 7) is 7.51. The summed E-state index contributed by atoms with van der Waals surface area (Å²) in [4.78, 5) is 0. The Morgan fingerprint density at radius 3 is 2.79 bits per heavy atom. The van der Waals surface area contributed by atoms with Crippen molar-refractivity contribution >= 4 is 0 Å². The maximum Gasteiger partial charge on any atom is 0.119 e. The summed E-state index contributed by atoms with van der Waals surface area (Å²) in [5.74, 6) is 2.83. The lowest BCUT2D eigenvalue weighted by Gasteiger charge is -2.14. The van der Waals surface area contributed by atoms with E-state index < -0.39 is 0 Å². The lowest BCUT2D eigenvalue weighted by atomic mass is 10.1. The summed E-state index contributed by atoms with van der Waals surface area (Å²) in [7, 11) is 0. The molecule has 1 N–H and O–H groups in total. The second-order valence-corrected chi connectivity index (χ2v) is 4.62. The molecule has 2 aromatic rings. The van der Waals surface area contributed by atoms with Crippen molar-refractivity contribution in [2.45, 2.75) is 33.4 Å². The Hall–Kier alpha value is -1.74. The molecular weight excluding hydrogens is 238 g/mol. The van der Waals surface area contributed by atoms with Crippen LogP contribution >= 0.6 is 0 Å². The number of benzene rings is 1. The Morgan fingerprint density at radius 2 is 2.11 bits per heavy atom. The fourth-order valence-electron chi connectivity index (χ4n) is 1.99. The zero-order chi connectivity index (χ0) is 13.7. The van der Waals surface area contributed by atoms with E-state index in [1.807, 2.05) is 38.1 Å². The van der Waals surface area contributed by atoms with Crippen LogP contribution in [0.15, 0.2) is 40.8 Å². The van der Waals surface area contributed by atoms with Crippen LogP contribution in [0.25, 0.3) is 0 Å². The van der Waals surface area contributed by atoms with Gasteiger partial charge in [0.15, 0.2) is 0 Å². The number of ether oxygens (including phenoxy) is 1. The van der Waals surface area contributed by atoms with Crippen molar-refractivity contribution in [3.05, 3.63) is 53.5 Å². The number of furan rings is 1. The van der Waals surface area contributed by atoms with Gasteiger partial charge in [0.05, 0.1) is 13.2 Å². The smallest absolute Gasteiger partial charge is 0.119 e. The van der Waals surface area contributed by atoms with E-state index >= 15 is 0 Å². The van der Waals surface area contributed by atoms with E-state index in [4.69, 9.17) is 9.15 Å². The second-order valence-electron chi connectivity index (χ2n) is 4.62. The summed E-state index contributed by atoms with van der Waals surface area (Å²) < 4.78 is 11.1. The van der Waals surface area contributed by atoms with Gasteiger partial charge in [0.1, 0.15) is 17.3 Å². The van der Waals surface area contributed by atoms with Crippen LogP contribution in [0.5, 0.6) is 5.75 Å². The maximum absolute atomic E-state index is 5.54. The van der Waals surface area contributed by atoms with E-state index in [1.165, 1.54) is 5.56 Å². The van der Waals surface area contributed by atoms with Crippen molar-refractivity contribution < 1.29 is 9.15 Å². The zero-order valence-electron chi connectivity index (χ0n) is 11.8. The highest BCUT2D eigenvalue weighted by Crippen LogP contribution is 2.19. The van der Waals surface area contributed by atoms with Gasteiger partial charge in [-0.15, -0.1) is 0 Å². The number of hydrogen-bond donors (Lipinski definition) is 1. The van der Waals surface area contributed by atoms with Crippen molar-refractivity contribution in [3.63, 3.8) is 0 Å². The van der Waals surface area contributed by atoms with E-state index in [0.717, 1.165) is 23.8 Å². The van der Waals surface area contributed by atoms with E-state index in [2.05, 4.69) is 24.4 Å². The third kappa shape index (κ3) is 3.86. The normalized spacial score (nSPS) is 12.4. The Balaban J connectivity index is 1.95. The summed E-state index contributed by atoms with van der Waals surface area (Å²) in [5, 5.41) is 3.45. The molecule has 0 spiro atoms. The van der Waals surface area contributed by atoms with E-state index in [1.54, 1.807) is 0 Å². The number of rotatable bonds is 6. The highest BCUT2D eigenvalue weighted by atomic mass is 16.5. The highest BCUT2D eigenvalue weighted by Gasteiger charge is 2.07. The Morgan fingerprint density at radius 1 is 1.26 bits per heavy atom. The number of hydrogen-bond acceptors (Lipinski definition) is 3. The summed E-state index contributed by atoms with van der Waals surface area (Å²) in [5.41, 5.74) is 1.22. The maximum atomic E-state index is 5.54. The van der Waals surface area contributed by atoms with Crippen LogP contribution in [0, 0.1) is 6.92 Å². The van der Waals surface area contributed by atoms with Crippen LogP contribution < -0.4 is 10.1 Å². The first-order valence-corrected chi connectivity index (χ1v) is 6.70. The van der Waals surface area contributed by atoms with E-state index in [0.29, 0.717) is 6.61 Å². The van der Waals surface area contributed by atoms with E-state index in [-0.39, 0.29) is 6.04 Å². The second kappa shape index (κ2) is 6.43. The minimum atomic E-state index is 0.255. The minimum Gasteiger partial charge on any atom is -0.494 e. The molecule has 1 heterocycles. The van der Waals surface area contributed by atoms with Crippen molar-refractivity contribution in [2.75, 3.05) is 6.61 Å². The molecule has 1 atom stereocenters. The molecule has 19 heavy (non-hydrogen) atoms. The van der Waals surface area contributed by atoms with Gasteiger partial charge in [-0.25, -0.2) is 0 Å². The monoisotopic (exact) mass is 259 g/mol. The van der Waals surface area contributed by atoms with Gasteiger partial charge in [0.2, 0.25) is 0 Å². The average Bonchev–Trinajstić information content (AvgIpc) is 2.82. The van der Waals surface area contributed by atoms with Gasteiger partial charge in [0, 0.05) is 6.04 Å². The zero-order valence-corrected chi connectivity index (χ0v) is 11.8.